The molecule has 1 saturated heterocycles. The van der Waals surface area contributed by atoms with Crippen LogP contribution in [0.25, 0.3) is 0 Å². The maximum absolute atomic E-state index is 12.4. The van der Waals surface area contributed by atoms with E-state index in [4.69, 9.17) is 4.98 Å². The first-order valence-corrected chi connectivity index (χ1v) is 9.18. The molecule has 1 aliphatic carbocycles. The molecule has 1 amide bonds. The minimum absolute atomic E-state index is 0.0330. The van der Waals surface area contributed by atoms with Crippen LogP contribution in [-0.2, 0) is 17.8 Å². The van der Waals surface area contributed by atoms with Gasteiger partial charge in [-0.1, -0.05) is 12.8 Å². The Hall–Kier alpha value is -1.47. The van der Waals surface area contributed by atoms with Gasteiger partial charge in [0.25, 0.3) is 0 Å². The zero-order valence-electron chi connectivity index (χ0n) is 14.7. The van der Waals surface area contributed by atoms with E-state index in [0.717, 1.165) is 31.0 Å². The molecule has 1 aromatic rings. The summed E-state index contributed by atoms with van der Waals surface area (Å²) in [6, 6.07) is 0.0985. The van der Waals surface area contributed by atoms with E-state index in [0.29, 0.717) is 31.5 Å². The third kappa shape index (κ3) is 3.62. The van der Waals surface area contributed by atoms with Gasteiger partial charge in [0.15, 0.2) is 5.82 Å². The molecule has 1 aromatic heterocycles. The monoisotopic (exact) mass is 335 g/mol. The van der Waals surface area contributed by atoms with Gasteiger partial charge >= 0.3 is 0 Å². The first-order chi connectivity index (χ1) is 11.6. The molecule has 0 radical (unpaired) electrons. The molecule has 2 N–H and O–H groups in total. The Kier molecular flexibility index (Phi) is 5.50. The molecule has 7 nitrogen and oxygen atoms in total. The molecule has 2 aliphatic rings. The van der Waals surface area contributed by atoms with Gasteiger partial charge in [0.2, 0.25) is 5.91 Å². The topological polar surface area (TPSA) is 83.3 Å². The highest BCUT2D eigenvalue weighted by molar-refractivity contribution is 5.82. The van der Waals surface area contributed by atoms with Gasteiger partial charge in [-0.05, 0) is 26.7 Å². The smallest absolute Gasteiger partial charge is 0.237 e. The van der Waals surface area contributed by atoms with Crippen molar-refractivity contribution in [1.82, 2.24) is 25.0 Å². The molecule has 1 atom stereocenters. The predicted molar refractivity (Wildman–Crippen MR) is 90.7 cm³/mol. The molecular weight excluding hydrogens is 306 g/mol. The zero-order valence-corrected chi connectivity index (χ0v) is 14.7. The summed E-state index contributed by atoms with van der Waals surface area (Å²) in [6.07, 6.45) is 5.31. The van der Waals surface area contributed by atoms with Crippen LogP contribution in [0.15, 0.2) is 0 Å². The molecule has 7 heteroatoms. The van der Waals surface area contributed by atoms with Gasteiger partial charge in [0.05, 0.1) is 19.2 Å². The van der Waals surface area contributed by atoms with Crippen LogP contribution >= 0.6 is 0 Å². The Morgan fingerprint density at radius 3 is 2.75 bits per heavy atom. The van der Waals surface area contributed by atoms with Gasteiger partial charge in [-0.15, -0.1) is 0 Å². The molecule has 1 aliphatic heterocycles. The largest absolute Gasteiger partial charge is 0.394 e. The van der Waals surface area contributed by atoms with E-state index in [1.807, 2.05) is 0 Å². The fourth-order valence-corrected chi connectivity index (χ4v) is 3.91. The van der Waals surface area contributed by atoms with Crippen molar-refractivity contribution in [2.45, 2.75) is 70.5 Å². The van der Waals surface area contributed by atoms with Crippen molar-refractivity contribution in [3.8, 4) is 0 Å². The van der Waals surface area contributed by atoms with Crippen LogP contribution in [0.4, 0.5) is 0 Å². The van der Waals surface area contributed by atoms with Crippen LogP contribution in [0.2, 0.25) is 0 Å². The summed E-state index contributed by atoms with van der Waals surface area (Å²) in [4.78, 5) is 19.4. The van der Waals surface area contributed by atoms with Crippen molar-refractivity contribution >= 4 is 5.91 Å². The number of carbonyl (C=O) groups excluding carboxylic acids is 1. The maximum Gasteiger partial charge on any atom is 0.237 e. The lowest BCUT2D eigenvalue weighted by atomic mass is 10.1. The van der Waals surface area contributed by atoms with Crippen LogP contribution in [0, 0.1) is 0 Å². The number of aliphatic hydroxyl groups excluding tert-OH is 1. The van der Waals surface area contributed by atoms with Crippen molar-refractivity contribution in [3.63, 3.8) is 0 Å². The quantitative estimate of drug-likeness (QED) is 0.799. The second kappa shape index (κ2) is 7.61. The van der Waals surface area contributed by atoms with E-state index in [1.165, 1.54) is 12.8 Å². The summed E-state index contributed by atoms with van der Waals surface area (Å²) in [7, 11) is 0. The van der Waals surface area contributed by atoms with Crippen LogP contribution in [0.1, 0.15) is 57.1 Å². The average molecular weight is 335 g/mol. The Morgan fingerprint density at radius 2 is 2.08 bits per heavy atom. The first kappa shape index (κ1) is 17.4. The third-order valence-corrected chi connectivity index (χ3v) is 5.21. The van der Waals surface area contributed by atoms with Crippen molar-refractivity contribution in [2.24, 2.45) is 0 Å². The van der Waals surface area contributed by atoms with Crippen LogP contribution in [0.5, 0.6) is 0 Å². The highest BCUT2D eigenvalue weighted by Gasteiger charge is 2.33. The normalized spacial score (nSPS) is 23.2. The van der Waals surface area contributed by atoms with Crippen molar-refractivity contribution in [1.29, 1.82) is 0 Å². The van der Waals surface area contributed by atoms with Gasteiger partial charge < -0.3 is 10.4 Å². The average Bonchev–Trinajstić information content (AvgIpc) is 3.19. The number of amides is 1. The summed E-state index contributed by atoms with van der Waals surface area (Å²) in [5.41, 5.74) is 0. The van der Waals surface area contributed by atoms with Gasteiger partial charge in [-0.25, -0.2) is 9.67 Å². The predicted octanol–water partition coefficient (Wildman–Crippen LogP) is 0.679. The van der Waals surface area contributed by atoms with E-state index in [2.05, 4.69) is 29.2 Å². The highest BCUT2D eigenvalue weighted by atomic mass is 16.3. The van der Waals surface area contributed by atoms with Crippen molar-refractivity contribution in [2.75, 3.05) is 19.7 Å². The minimum Gasteiger partial charge on any atom is -0.394 e. The summed E-state index contributed by atoms with van der Waals surface area (Å²) in [6.45, 7) is 6.26. The number of hydrogen-bond acceptors (Lipinski definition) is 5. The summed E-state index contributed by atoms with van der Waals surface area (Å²) in [5, 5.41) is 16.9. The molecule has 134 valence electrons. The molecule has 0 bridgehead atoms. The SMILES string of the molecule is CC(C)N1CCNC(=O)C1Cc1nc(C2CCCC2)nn1CCO. The number of rotatable bonds is 6. The minimum atomic E-state index is -0.211. The Labute approximate surface area is 143 Å². The van der Waals surface area contributed by atoms with Gasteiger partial charge in [0, 0.05) is 31.5 Å². The number of carbonyl (C=O) groups is 1. The Bertz CT molecular complexity index is 565. The number of hydrogen-bond donors (Lipinski definition) is 2. The number of piperazine rings is 1. The van der Waals surface area contributed by atoms with Crippen LogP contribution in [-0.4, -0.2) is 62.5 Å². The molecule has 0 spiro atoms. The fraction of sp³-hybridized carbons (Fsp3) is 0.824. The molecule has 1 unspecified atom stereocenters. The first-order valence-electron chi connectivity index (χ1n) is 9.18. The van der Waals surface area contributed by atoms with Crippen molar-refractivity contribution < 1.29 is 9.90 Å². The molecule has 2 heterocycles. The third-order valence-electron chi connectivity index (χ3n) is 5.21. The Morgan fingerprint density at radius 1 is 1.33 bits per heavy atom. The molecule has 24 heavy (non-hydrogen) atoms. The number of aromatic nitrogens is 3. The highest BCUT2D eigenvalue weighted by Crippen LogP contribution is 2.32. The van der Waals surface area contributed by atoms with E-state index >= 15 is 0 Å². The number of nitrogens with zero attached hydrogens (tertiary/aromatic N) is 4. The van der Waals surface area contributed by atoms with Crippen LogP contribution in [0.3, 0.4) is 0 Å². The number of aliphatic hydroxyl groups is 1. The van der Waals surface area contributed by atoms with E-state index in [9.17, 15) is 9.90 Å². The van der Waals surface area contributed by atoms with Gasteiger partial charge in [0.1, 0.15) is 5.82 Å². The summed E-state index contributed by atoms with van der Waals surface area (Å²) < 4.78 is 1.80. The summed E-state index contributed by atoms with van der Waals surface area (Å²) in [5.74, 6) is 2.21. The van der Waals surface area contributed by atoms with Crippen molar-refractivity contribution in [3.05, 3.63) is 11.6 Å². The second-order valence-corrected chi connectivity index (χ2v) is 7.16. The zero-order chi connectivity index (χ0) is 17.1. The number of nitrogens with one attached hydrogen (secondary N) is 1. The standard InChI is InChI=1S/C17H29N5O2/c1-12(2)21-8-7-18-17(24)14(21)11-15-19-16(13-5-3-4-6-13)20-22(15)9-10-23/h12-14,23H,3-11H2,1-2H3,(H,18,24). The van der Waals surface area contributed by atoms with Gasteiger partial charge in [-0.2, -0.15) is 5.10 Å². The summed E-state index contributed by atoms with van der Waals surface area (Å²) >= 11 is 0. The lowest BCUT2D eigenvalue weighted by Gasteiger charge is -2.37. The van der Waals surface area contributed by atoms with E-state index in [1.54, 1.807) is 4.68 Å². The van der Waals surface area contributed by atoms with E-state index < -0.39 is 0 Å². The fourth-order valence-electron chi connectivity index (χ4n) is 3.91. The van der Waals surface area contributed by atoms with Crippen LogP contribution < -0.4 is 5.32 Å². The van der Waals surface area contributed by atoms with E-state index in [-0.39, 0.29) is 18.6 Å². The second-order valence-electron chi connectivity index (χ2n) is 7.16. The lowest BCUT2D eigenvalue weighted by molar-refractivity contribution is -0.130. The Balaban J connectivity index is 1.82. The molecule has 0 aromatic carbocycles. The lowest BCUT2D eigenvalue weighted by Crippen LogP contribution is -2.58. The van der Waals surface area contributed by atoms with Gasteiger partial charge in [-0.3, -0.25) is 9.69 Å². The molecular formula is C17H29N5O2. The molecule has 3 rings (SSSR count). The maximum atomic E-state index is 12.4. The molecule has 1 saturated carbocycles. The molecule has 2 fully saturated rings.